The van der Waals surface area contributed by atoms with Crippen LogP contribution in [0.15, 0.2) is 65.8 Å². The van der Waals surface area contributed by atoms with E-state index in [1.54, 1.807) is 5.57 Å². The molecule has 3 aliphatic carbocycles. The van der Waals surface area contributed by atoms with E-state index in [2.05, 4.69) is 66.4 Å². The Morgan fingerprint density at radius 2 is 1.81 bits per heavy atom. The van der Waals surface area contributed by atoms with Gasteiger partial charge in [0.15, 0.2) is 0 Å². The van der Waals surface area contributed by atoms with Crippen molar-refractivity contribution in [3.8, 4) is 0 Å². The number of ether oxygens (including phenoxy) is 2. The van der Waals surface area contributed by atoms with Gasteiger partial charge in [0.1, 0.15) is 0 Å². The molecule has 3 aliphatic heterocycles. The maximum absolute atomic E-state index is 7.54. The standard InChI is InChI=1S/C33H39NO2/c1-31-13-12-27-21-26-8-9-28(34-16-18-35-19-17-34)22-32(26)14-15-33(27,36-32)30(31)11-10-29(31)25-7-6-23-4-2-3-5-24(23)20-25/h2-7,12,20-21,28-30H,8-11,13-19,22H2,1H3/t28-,29+,30+,31+,32+,33+/m0/s1. The molecule has 0 unspecified atom stereocenters. The largest absolute Gasteiger partial charge is 0.379 e. The summed E-state index contributed by atoms with van der Waals surface area (Å²) in [5.74, 6) is 1.22. The molecule has 3 nitrogen and oxygen atoms in total. The van der Waals surface area contributed by atoms with Gasteiger partial charge < -0.3 is 9.47 Å². The van der Waals surface area contributed by atoms with Crippen molar-refractivity contribution in [2.45, 2.75) is 81.5 Å². The van der Waals surface area contributed by atoms with Gasteiger partial charge in [0.25, 0.3) is 0 Å². The summed E-state index contributed by atoms with van der Waals surface area (Å²) in [7, 11) is 0. The minimum absolute atomic E-state index is 0.0160. The van der Waals surface area contributed by atoms with Crippen LogP contribution in [0.5, 0.6) is 0 Å². The van der Waals surface area contributed by atoms with Crippen molar-refractivity contribution in [2.24, 2.45) is 11.3 Å². The van der Waals surface area contributed by atoms with Crippen LogP contribution >= 0.6 is 0 Å². The van der Waals surface area contributed by atoms with Crippen LogP contribution in [0.25, 0.3) is 10.8 Å². The van der Waals surface area contributed by atoms with Crippen molar-refractivity contribution in [1.82, 2.24) is 4.90 Å². The van der Waals surface area contributed by atoms with E-state index in [-0.39, 0.29) is 16.6 Å². The zero-order valence-electron chi connectivity index (χ0n) is 21.7. The molecule has 2 aromatic rings. The topological polar surface area (TPSA) is 21.7 Å². The lowest BCUT2D eigenvalue weighted by atomic mass is 9.58. The highest BCUT2D eigenvalue weighted by molar-refractivity contribution is 5.83. The molecule has 36 heavy (non-hydrogen) atoms. The maximum Gasteiger partial charge on any atom is 0.0974 e. The zero-order chi connectivity index (χ0) is 24.0. The summed E-state index contributed by atoms with van der Waals surface area (Å²) < 4.78 is 13.2. The van der Waals surface area contributed by atoms with Crippen molar-refractivity contribution in [3.63, 3.8) is 0 Å². The van der Waals surface area contributed by atoms with Crippen LogP contribution in [0.1, 0.15) is 69.8 Å². The predicted molar refractivity (Wildman–Crippen MR) is 144 cm³/mol. The number of hydrogen-bond donors (Lipinski definition) is 0. The number of morpholine rings is 1. The fraction of sp³-hybridized carbons (Fsp3) is 0.576. The second-order valence-electron chi connectivity index (χ2n) is 12.9. The first-order valence-electron chi connectivity index (χ1n) is 14.5. The highest BCUT2D eigenvalue weighted by atomic mass is 16.5. The van der Waals surface area contributed by atoms with Crippen LogP contribution in [0.4, 0.5) is 0 Å². The van der Waals surface area contributed by atoms with Gasteiger partial charge in [-0.25, -0.2) is 0 Å². The van der Waals surface area contributed by atoms with Crippen molar-refractivity contribution >= 4 is 10.8 Å². The molecule has 2 saturated heterocycles. The van der Waals surface area contributed by atoms with Gasteiger partial charge in [-0.2, -0.15) is 0 Å². The summed E-state index contributed by atoms with van der Waals surface area (Å²) in [6.45, 7) is 6.55. The Kier molecular flexibility index (Phi) is 4.78. The first kappa shape index (κ1) is 22.1. The molecule has 3 heteroatoms. The molecule has 2 aromatic carbocycles. The molecular weight excluding hydrogens is 442 g/mol. The van der Waals surface area contributed by atoms with Crippen molar-refractivity contribution in [2.75, 3.05) is 26.3 Å². The molecule has 0 radical (unpaired) electrons. The van der Waals surface area contributed by atoms with E-state index < -0.39 is 0 Å². The van der Waals surface area contributed by atoms with Crippen molar-refractivity contribution < 1.29 is 9.47 Å². The molecule has 4 fully saturated rings. The molecule has 2 saturated carbocycles. The normalized spacial score (nSPS) is 41.9. The molecule has 0 N–H and O–H groups in total. The van der Waals surface area contributed by atoms with E-state index in [9.17, 15) is 0 Å². The Bertz CT molecular complexity index is 1270. The van der Waals surface area contributed by atoms with Gasteiger partial charge in [0.05, 0.1) is 24.4 Å². The molecule has 0 aromatic heterocycles. The third kappa shape index (κ3) is 2.97. The fourth-order valence-electron chi connectivity index (χ4n) is 9.61. The molecule has 188 valence electrons. The smallest absolute Gasteiger partial charge is 0.0974 e. The summed E-state index contributed by atoms with van der Waals surface area (Å²) >= 11 is 0. The molecule has 3 heterocycles. The SMILES string of the molecule is C[C@]12CC=C3C=C4CC[C@H](N5CCOCC5)C[C@]45CC[C@]3(O5)[C@@H]1CC[C@@H]2c1ccc2ccccc2c1. The Balaban J connectivity index is 1.13. The van der Waals surface area contributed by atoms with Crippen molar-refractivity contribution in [3.05, 3.63) is 71.3 Å². The highest BCUT2D eigenvalue weighted by Crippen LogP contribution is 2.69. The lowest BCUT2D eigenvalue weighted by Crippen LogP contribution is -2.56. The predicted octanol–water partition coefficient (Wildman–Crippen LogP) is 6.78. The van der Waals surface area contributed by atoms with Gasteiger partial charge >= 0.3 is 0 Å². The number of rotatable bonds is 2. The average Bonchev–Trinajstić information content (AvgIpc) is 3.43. The van der Waals surface area contributed by atoms with E-state index in [1.807, 2.05) is 0 Å². The van der Waals surface area contributed by atoms with Crippen LogP contribution in [-0.4, -0.2) is 48.4 Å². The minimum atomic E-state index is -0.0605. The minimum Gasteiger partial charge on any atom is -0.379 e. The maximum atomic E-state index is 7.54. The summed E-state index contributed by atoms with van der Waals surface area (Å²) in [4.78, 5) is 2.70. The number of nitrogens with zero attached hydrogens (tertiary/aromatic N) is 1. The summed E-state index contributed by atoms with van der Waals surface area (Å²) in [5, 5.41) is 2.73. The van der Waals surface area contributed by atoms with E-state index in [1.165, 1.54) is 73.3 Å². The van der Waals surface area contributed by atoms with Crippen LogP contribution in [-0.2, 0) is 9.47 Å². The molecule has 2 bridgehead atoms. The van der Waals surface area contributed by atoms with E-state index in [0.717, 1.165) is 26.3 Å². The van der Waals surface area contributed by atoms with Crippen LogP contribution in [0.2, 0.25) is 0 Å². The van der Waals surface area contributed by atoms with E-state index in [4.69, 9.17) is 9.47 Å². The number of fused-ring (bicyclic) bond motifs is 2. The summed E-state index contributed by atoms with van der Waals surface area (Å²) in [5.41, 5.74) is 4.88. The molecule has 6 aliphatic rings. The number of benzene rings is 2. The van der Waals surface area contributed by atoms with E-state index in [0.29, 0.717) is 17.9 Å². The second-order valence-corrected chi connectivity index (χ2v) is 12.9. The quantitative estimate of drug-likeness (QED) is 0.472. The zero-order valence-corrected chi connectivity index (χ0v) is 21.7. The van der Waals surface area contributed by atoms with Crippen LogP contribution < -0.4 is 0 Å². The lowest BCUT2D eigenvalue weighted by Gasteiger charge is -2.55. The van der Waals surface area contributed by atoms with Gasteiger partial charge in [-0.3, -0.25) is 4.90 Å². The molecule has 0 amide bonds. The monoisotopic (exact) mass is 481 g/mol. The Labute approximate surface area is 215 Å². The van der Waals surface area contributed by atoms with Gasteiger partial charge in [-0.15, -0.1) is 0 Å². The molecule has 6 atom stereocenters. The average molecular weight is 482 g/mol. The van der Waals surface area contributed by atoms with Crippen LogP contribution in [0.3, 0.4) is 0 Å². The fourth-order valence-corrected chi connectivity index (χ4v) is 9.61. The van der Waals surface area contributed by atoms with E-state index >= 15 is 0 Å². The van der Waals surface area contributed by atoms with Gasteiger partial charge in [0.2, 0.25) is 0 Å². The number of hydrogen-bond acceptors (Lipinski definition) is 3. The number of allylic oxidation sites excluding steroid dienone is 1. The first-order valence-corrected chi connectivity index (χ1v) is 14.5. The third-order valence-corrected chi connectivity index (χ3v) is 11.4. The molecule has 2 spiro atoms. The van der Waals surface area contributed by atoms with Gasteiger partial charge in [0, 0.05) is 19.1 Å². The Hall–Kier alpha value is -1.94. The first-order chi connectivity index (χ1) is 17.6. The van der Waals surface area contributed by atoms with Crippen molar-refractivity contribution in [1.29, 1.82) is 0 Å². The second kappa shape index (κ2) is 7.79. The van der Waals surface area contributed by atoms with Gasteiger partial charge in [-0.1, -0.05) is 61.5 Å². The van der Waals surface area contributed by atoms with Crippen LogP contribution in [0, 0.1) is 11.3 Å². The lowest BCUT2D eigenvalue weighted by molar-refractivity contribution is -0.143. The Morgan fingerprint density at radius 3 is 2.69 bits per heavy atom. The Morgan fingerprint density at radius 1 is 0.944 bits per heavy atom. The molecule has 8 rings (SSSR count). The summed E-state index contributed by atoms with van der Waals surface area (Å²) in [6.07, 6.45) is 15.1. The highest BCUT2D eigenvalue weighted by Gasteiger charge is 2.66. The van der Waals surface area contributed by atoms with Gasteiger partial charge in [-0.05, 0) is 96.1 Å². The summed E-state index contributed by atoms with van der Waals surface area (Å²) in [6, 6.07) is 16.7. The molecular formula is C33H39NO2. The third-order valence-electron chi connectivity index (χ3n) is 11.4.